The van der Waals surface area contributed by atoms with Crippen molar-refractivity contribution in [3.05, 3.63) is 17.5 Å². The van der Waals surface area contributed by atoms with Gasteiger partial charge in [0.25, 0.3) is 0 Å². The number of carbonyl (C=O) groups excluding carboxylic acids is 2. The Balaban J connectivity index is 0.00000361. The predicted molar refractivity (Wildman–Crippen MR) is 76.5 cm³/mol. The van der Waals surface area contributed by atoms with Gasteiger partial charge < -0.3 is 15.8 Å². The van der Waals surface area contributed by atoms with Gasteiger partial charge in [0, 0.05) is 19.2 Å². The van der Waals surface area contributed by atoms with Crippen molar-refractivity contribution in [2.45, 2.75) is 32.4 Å². The number of aromatic nitrogens is 2. The number of rotatable bonds is 5. The number of halogens is 1. The molecule has 0 aliphatic carbocycles. The summed E-state index contributed by atoms with van der Waals surface area (Å²) in [7, 11) is 3.06. The molecule has 0 saturated heterocycles. The molecule has 1 amide bonds. The standard InChI is InChI=1S/C12H20N4O3.ClH/c1-7-5-9(16(3)15-7)6-10(13)11(17)14-8(2)12(18)19-4;/h5,8,10H,6,13H2,1-4H3,(H,14,17);1H. The van der Waals surface area contributed by atoms with Crippen LogP contribution in [0.5, 0.6) is 0 Å². The van der Waals surface area contributed by atoms with E-state index in [9.17, 15) is 9.59 Å². The van der Waals surface area contributed by atoms with Gasteiger partial charge in [0.15, 0.2) is 0 Å². The molecule has 20 heavy (non-hydrogen) atoms. The molecule has 1 aromatic rings. The quantitative estimate of drug-likeness (QED) is 0.728. The Kier molecular flexibility index (Phi) is 7.23. The third kappa shape index (κ3) is 4.82. The number of nitrogens with one attached hydrogen (secondary N) is 1. The maximum absolute atomic E-state index is 11.8. The number of ether oxygens (including phenoxy) is 1. The number of carbonyl (C=O) groups is 2. The number of esters is 1. The first-order chi connectivity index (χ1) is 8.85. The van der Waals surface area contributed by atoms with Gasteiger partial charge in [0.1, 0.15) is 6.04 Å². The number of hydrogen-bond donors (Lipinski definition) is 2. The van der Waals surface area contributed by atoms with E-state index < -0.39 is 24.0 Å². The lowest BCUT2D eigenvalue weighted by Crippen LogP contribution is -2.48. The second kappa shape index (κ2) is 7.86. The number of nitrogens with zero attached hydrogens (tertiary/aromatic N) is 2. The Bertz CT molecular complexity index is 475. The number of aryl methyl sites for hydroxylation is 2. The van der Waals surface area contributed by atoms with Gasteiger partial charge >= 0.3 is 5.97 Å². The first-order valence-corrected chi connectivity index (χ1v) is 5.98. The van der Waals surface area contributed by atoms with Crippen molar-refractivity contribution in [2.24, 2.45) is 12.8 Å². The van der Waals surface area contributed by atoms with E-state index in [-0.39, 0.29) is 12.4 Å². The molecule has 1 aromatic heterocycles. The summed E-state index contributed by atoms with van der Waals surface area (Å²) in [5, 5.41) is 6.69. The van der Waals surface area contributed by atoms with Crippen LogP contribution in [0, 0.1) is 6.92 Å². The lowest BCUT2D eigenvalue weighted by atomic mass is 10.1. The van der Waals surface area contributed by atoms with Crippen molar-refractivity contribution in [2.75, 3.05) is 7.11 Å². The van der Waals surface area contributed by atoms with E-state index in [1.54, 1.807) is 18.7 Å². The van der Waals surface area contributed by atoms with Crippen molar-refractivity contribution in [3.8, 4) is 0 Å². The van der Waals surface area contributed by atoms with E-state index in [0.29, 0.717) is 6.42 Å². The highest BCUT2D eigenvalue weighted by Gasteiger charge is 2.21. The normalized spacial score (nSPS) is 13.1. The average Bonchev–Trinajstić information content (AvgIpc) is 2.66. The average molecular weight is 305 g/mol. The van der Waals surface area contributed by atoms with Crippen molar-refractivity contribution in [1.29, 1.82) is 0 Å². The van der Waals surface area contributed by atoms with E-state index in [4.69, 9.17) is 5.73 Å². The molecule has 0 aromatic carbocycles. The van der Waals surface area contributed by atoms with E-state index in [1.807, 2.05) is 13.0 Å². The molecule has 8 heteroatoms. The number of nitrogens with two attached hydrogens (primary N) is 1. The largest absolute Gasteiger partial charge is 0.467 e. The molecule has 0 spiro atoms. The maximum Gasteiger partial charge on any atom is 0.328 e. The molecule has 0 fully saturated rings. The van der Waals surface area contributed by atoms with Crippen molar-refractivity contribution in [3.63, 3.8) is 0 Å². The Morgan fingerprint density at radius 3 is 2.60 bits per heavy atom. The van der Waals surface area contributed by atoms with Crippen LogP contribution in [0.1, 0.15) is 18.3 Å². The summed E-state index contributed by atoms with van der Waals surface area (Å²) in [5.74, 6) is -0.895. The van der Waals surface area contributed by atoms with Crippen LogP contribution in [0.4, 0.5) is 0 Å². The number of hydrogen-bond acceptors (Lipinski definition) is 5. The van der Waals surface area contributed by atoms with Gasteiger partial charge in [-0.3, -0.25) is 9.48 Å². The lowest BCUT2D eigenvalue weighted by molar-refractivity contribution is -0.144. The van der Waals surface area contributed by atoms with Crippen LogP contribution in [-0.4, -0.2) is 40.9 Å². The summed E-state index contributed by atoms with van der Waals surface area (Å²) in [6.07, 6.45) is 0.358. The van der Waals surface area contributed by atoms with Crippen LogP contribution >= 0.6 is 12.4 Å². The SMILES string of the molecule is COC(=O)C(C)NC(=O)C(N)Cc1cc(C)nn1C.Cl. The van der Waals surface area contributed by atoms with E-state index in [0.717, 1.165) is 11.4 Å². The van der Waals surface area contributed by atoms with E-state index >= 15 is 0 Å². The molecule has 7 nitrogen and oxygen atoms in total. The molecule has 0 radical (unpaired) electrons. The molecule has 0 saturated carbocycles. The minimum absolute atomic E-state index is 0. The highest BCUT2D eigenvalue weighted by atomic mass is 35.5. The summed E-state index contributed by atoms with van der Waals surface area (Å²) < 4.78 is 6.21. The highest BCUT2D eigenvalue weighted by Crippen LogP contribution is 2.04. The van der Waals surface area contributed by atoms with Crippen LogP contribution < -0.4 is 11.1 Å². The minimum atomic E-state index is -0.734. The fourth-order valence-corrected chi connectivity index (χ4v) is 1.73. The fraction of sp³-hybridized carbons (Fsp3) is 0.583. The summed E-state index contributed by atoms with van der Waals surface area (Å²) in [6.45, 7) is 3.42. The van der Waals surface area contributed by atoms with Gasteiger partial charge in [-0.05, 0) is 19.9 Å². The van der Waals surface area contributed by atoms with Gasteiger partial charge in [-0.25, -0.2) is 4.79 Å². The summed E-state index contributed by atoms with van der Waals surface area (Å²) in [6, 6.07) is 0.426. The number of methoxy groups -OCH3 is 1. The summed E-state index contributed by atoms with van der Waals surface area (Å²) >= 11 is 0. The van der Waals surface area contributed by atoms with Gasteiger partial charge in [-0.1, -0.05) is 0 Å². The topological polar surface area (TPSA) is 99.2 Å². The molecule has 1 rings (SSSR count). The molecule has 0 aliphatic rings. The summed E-state index contributed by atoms with van der Waals surface area (Å²) in [5.41, 5.74) is 7.55. The molecular weight excluding hydrogens is 284 g/mol. The monoisotopic (exact) mass is 304 g/mol. The van der Waals surface area contributed by atoms with Crippen LogP contribution in [0.2, 0.25) is 0 Å². The Morgan fingerprint density at radius 2 is 2.15 bits per heavy atom. The van der Waals surface area contributed by atoms with Crippen molar-refractivity contribution < 1.29 is 14.3 Å². The lowest BCUT2D eigenvalue weighted by Gasteiger charge is -2.15. The van der Waals surface area contributed by atoms with Gasteiger partial charge in [-0.2, -0.15) is 5.10 Å². The molecule has 2 atom stereocenters. The molecule has 114 valence electrons. The zero-order valence-corrected chi connectivity index (χ0v) is 12.9. The van der Waals surface area contributed by atoms with Gasteiger partial charge in [0.2, 0.25) is 5.91 Å². The highest BCUT2D eigenvalue weighted by molar-refractivity contribution is 5.87. The van der Waals surface area contributed by atoms with E-state index in [2.05, 4.69) is 15.2 Å². The number of amides is 1. The fourth-order valence-electron chi connectivity index (χ4n) is 1.73. The van der Waals surface area contributed by atoms with Gasteiger partial charge in [0.05, 0.1) is 18.8 Å². The van der Waals surface area contributed by atoms with E-state index in [1.165, 1.54) is 7.11 Å². The second-order valence-corrected chi connectivity index (χ2v) is 4.46. The molecule has 2 unspecified atom stereocenters. The first-order valence-electron chi connectivity index (χ1n) is 5.98. The predicted octanol–water partition coefficient (Wildman–Crippen LogP) is -0.302. The zero-order chi connectivity index (χ0) is 14.6. The maximum atomic E-state index is 11.8. The minimum Gasteiger partial charge on any atom is -0.467 e. The van der Waals surface area contributed by atoms with Crippen molar-refractivity contribution >= 4 is 24.3 Å². The zero-order valence-electron chi connectivity index (χ0n) is 12.0. The second-order valence-electron chi connectivity index (χ2n) is 4.46. The van der Waals surface area contributed by atoms with Crippen LogP contribution in [0.15, 0.2) is 6.07 Å². The molecule has 0 bridgehead atoms. The molecule has 0 aliphatic heterocycles. The Hall–Kier alpha value is -1.60. The van der Waals surface area contributed by atoms with Crippen molar-refractivity contribution in [1.82, 2.24) is 15.1 Å². The molecular formula is C12H21ClN4O3. The third-order valence-electron chi connectivity index (χ3n) is 2.78. The Labute approximate surface area is 124 Å². The molecule has 3 N–H and O–H groups in total. The smallest absolute Gasteiger partial charge is 0.328 e. The van der Waals surface area contributed by atoms with Crippen LogP contribution in [0.3, 0.4) is 0 Å². The third-order valence-corrected chi connectivity index (χ3v) is 2.78. The molecule has 1 heterocycles. The van der Waals surface area contributed by atoms with Crippen LogP contribution in [-0.2, 0) is 27.8 Å². The Morgan fingerprint density at radius 1 is 1.55 bits per heavy atom. The first kappa shape index (κ1) is 18.4. The summed E-state index contributed by atoms with van der Waals surface area (Å²) in [4.78, 5) is 23.0. The van der Waals surface area contributed by atoms with Crippen LogP contribution in [0.25, 0.3) is 0 Å². The van der Waals surface area contributed by atoms with Gasteiger partial charge in [-0.15, -0.1) is 12.4 Å².